The number of cyclic esters (lactones) is 1. The number of carbonyl (C=O) groups is 1. The van der Waals surface area contributed by atoms with Crippen molar-refractivity contribution in [2.45, 2.75) is 6.92 Å². The Balaban J connectivity index is 1.81. The molecule has 3 rings (SSSR count). The summed E-state index contributed by atoms with van der Waals surface area (Å²) in [5.74, 6) is 1.79. The van der Waals surface area contributed by atoms with Crippen LogP contribution in [0.5, 0.6) is 5.75 Å². The zero-order valence-electron chi connectivity index (χ0n) is 12.8. The maximum atomic E-state index is 11.8. The molecule has 0 amide bonds. The van der Waals surface area contributed by atoms with Gasteiger partial charge in [0.05, 0.1) is 7.11 Å². The molecule has 0 aliphatic carbocycles. The minimum absolute atomic E-state index is 0.207. The van der Waals surface area contributed by atoms with Gasteiger partial charge >= 0.3 is 5.97 Å². The average Bonchev–Trinajstić information content (AvgIpc) is 3.12. The van der Waals surface area contributed by atoms with Gasteiger partial charge in [-0.05, 0) is 31.2 Å². The van der Waals surface area contributed by atoms with E-state index in [1.165, 1.54) is 0 Å². The summed E-state index contributed by atoms with van der Waals surface area (Å²) in [5, 5.41) is 0. The third kappa shape index (κ3) is 3.40. The predicted octanol–water partition coefficient (Wildman–Crippen LogP) is 3.61. The summed E-state index contributed by atoms with van der Waals surface area (Å²) in [6, 6.07) is 11.1. The lowest BCUT2D eigenvalue weighted by atomic mass is 10.2. The Morgan fingerprint density at radius 3 is 2.70 bits per heavy atom. The van der Waals surface area contributed by atoms with Crippen molar-refractivity contribution < 1.29 is 18.7 Å². The number of ether oxygens (including phenoxy) is 2. The molecule has 0 saturated heterocycles. The highest BCUT2D eigenvalue weighted by atomic mass is 16.6. The molecule has 0 spiro atoms. The van der Waals surface area contributed by atoms with Gasteiger partial charge in [0.2, 0.25) is 5.90 Å². The molecule has 1 aliphatic heterocycles. The van der Waals surface area contributed by atoms with Gasteiger partial charge in [-0.25, -0.2) is 9.79 Å². The molecule has 0 N–H and O–H groups in total. The summed E-state index contributed by atoms with van der Waals surface area (Å²) in [4.78, 5) is 16.0. The molecule has 2 heterocycles. The number of aliphatic imine (C=N–C) groups is 1. The van der Waals surface area contributed by atoms with Crippen LogP contribution in [0.15, 0.2) is 57.6 Å². The van der Waals surface area contributed by atoms with Crippen LogP contribution >= 0.6 is 0 Å². The maximum absolute atomic E-state index is 11.8. The van der Waals surface area contributed by atoms with Crippen LogP contribution in [0, 0.1) is 6.92 Å². The van der Waals surface area contributed by atoms with Crippen molar-refractivity contribution in [1.29, 1.82) is 0 Å². The zero-order chi connectivity index (χ0) is 16.2. The van der Waals surface area contributed by atoms with Gasteiger partial charge in [-0.2, -0.15) is 0 Å². The fourth-order valence-corrected chi connectivity index (χ4v) is 2.13. The van der Waals surface area contributed by atoms with Crippen molar-refractivity contribution in [3.8, 4) is 5.75 Å². The van der Waals surface area contributed by atoms with Gasteiger partial charge in [-0.15, -0.1) is 0 Å². The monoisotopic (exact) mass is 309 g/mol. The number of furan rings is 1. The summed E-state index contributed by atoms with van der Waals surface area (Å²) < 4.78 is 15.8. The number of para-hydroxylation sites is 1. The smallest absolute Gasteiger partial charge is 0.363 e. The Labute approximate surface area is 133 Å². The van der Waals surface area contributed by atoms with E-state index in [1.54, 1.807) is 31.4 Å². The van der Waals surface area contributed by atoms with Crippen molar-refractivity contribution in [3.63, 3.8) is 0 Å². The number of rotatable bonds is 4. The van der Waals surface area contributed by atoms with Crippen LogP contribution in [-0.4, -0.2) is 19.0 Å². The van der Waals surface area contributed by atoms with Crippen LogP contribution < -0.4 is 4.74 Å². The maximum Gasteiger partial charge on any atom is 0.363 e. The molecule has 0 saturated carbocycles. The number of hydrogen-bond acceptors (Lipinski definition) is 5. The van der Waals surface area contributed by atoms with E-state index in [-0.39, 0.29) is 11.6 Å². The molecule has 0 atom stereocenters. The lowest BCUT2D eigenvalue weighted by molar-refractivity contribution is -0.129. The summed E-state index contributed by atoms with van der Waals surface area (Å²) in [7, 11) is 1.60. The number of nitrogens with zero attached hydrogens (tertiary/aromatic N) is 1. The van der Waals surface area contributed by atoms with Crippen molar-refractivity contribution in [2.75, 3.05) is 7.11 Å². The van der Waals surface area contributed by atoms with E-state index >= 15 is 0 Å². The molecule has 1 aromatic heterocycles. The van der Waals surface area contributed by atoms with E-state index in [9.17, 15) is 4.79 Å². The van der Waals surface area contributed by atoms with Crippen LogP contribution in [0.25, 0.3) is 12.2 Å². The number of aryl methyl sites for hydroxylation is 1. The van der Waals surface area contributed by atoms with Crippen LogP contribution in [0.2, 0.25) is 0 Å². The molecule has 2 aromatic rings. The third-order valence-electron chi connectivity index (χ3n) is 3.22. The highest BCUT2D eigenvalue weighted by Crippen LogP contribution is 2.21. The highest BCUT2D eigenvalue weighted by molar-refractivity contribution is 6.11. The van der Waals surface area contributed by atoms with E-state index in [1.807, 2.05) is 37.3 Å². The van der Waals surface area contributed by atoms with Gasteiger partial charge in [0.25, 0.3) is 0 Å². The summed E-state index contributed by atoms with van der Waals surface area (Å²) in [6.07, 6.45) is 4.97. The third-order valence-corrected chi connectivity index (χ3v) is 3.22. The summed E-state index contributed by atoms with van der Waals surface area (Å²) >= 11 is 0. The molecule has 116 valence electrons. The van der Waals surface area contributed by atoms with Crippen LogP contribution in [0.1, 0.15) is 17.1 Å². The molecular formula is C18H15NO4. The Morgan fingerprint density at radius 2 is 1.96 bits per heavy atom. The van der Waals surface area contributed by atoms with Crippen molar-refractivity contribution in [3.05, 3.63) is 65.3 Å². The minimum Gasteiger partial charge on any atom is -0.496 e. The number of hydrogen-bond donors (Lipinski definition) is 0. The van der Waals surface area contributed by atoms with Crippen molar-refractivity contribution in [1.82, 2.24) is 0 Å². The van der Waals surface area contributed by atoms with Crippen LogP contribution in [-0.2, 0) is 9.53 Å². The molecule has 0 unspecified atom stereocenters. The topological polar surface area (TPSA) is 61.0 Å². The Morgan fingerprint density at radius 1 is 1.13 bits per heavy atom. The molecule has 0 fully saturated rings. The number of benzene rings is 1. The fourth-order valence-electron chi connectivity index (χ4n) is 2.13. The van der Waals surface area contributed by atoms with E-state index in [4.69, 9.17) is 13.9 Å². The van der Waals surface area contributed by atoms with Gasteiger partial charge < -0.3 is 13.9 Å². The summed E-state index contributed by atoms with van der Waals surface area (Å²) in [5.41, 5.74) is 1.08. The SMILES string of the molecule is COc1ccccc1/C=C/C1=NC(=C\c2ccc(C)o2)/C(=O)O1. The molecule has 5 nitrogen and oxygen atoms in total. The number of esters is 1. The largest absolute Gasteiger partial charge is 0.496 e. The fraction of sp³-hybridized carbons (Fsp3) is 0.111. The van der Waals surface area contributed by atoms with Crippen molar-refractivity contribution >= 4 is 24.0 Å². The van der Waals surface area contributed by atoms with Gasteiger partial charge in [-0.1, -0.05) is 18.2 Å². The van der Waals surface area contributed by atoms with Crippen LogP contribution in [0.4, 0.5) is 0 Å². The first kappa shape index (κ1) is 14.8. The van der Waals surface area contributed by atoms with E-state index in [2.05, 4.69) is 4.99 Å². The van der Waals surface area contributed by atoms with Gasteiger partial charge in [0.1, 0.15) is 17.3 Å². The van der Waals surface area contributed by atoms with Crippen LogP contribution in [0.3, 0.4) is 0 Å². The second-order valence-corrected chi connectivity index (χ2v) is 4.89. The predicted molar refractivity (Wildman–Crippen MR) is 87.0 cm³/mol. The molecule has 5 heteroatoms. The first-order valence-electron chi connectivity index (χ1n) is 7.06. The first-order valence-corrected chi connectivity index (χ1v) is 7.06. The second-order valence-electron chi connectivity index (χ2n) is 4.89. The van der Waals surface area contributed by atoms with Crippen molar-refractivity contribution in [2.24, 2.45) is 4.99 Å². The van der Waals surface area contributed by atoms with E-state index in [0.717, 1.165) is 17.1 Å². The Bertz CT molecular complexity index is 827. The standard InChI is InChI=1S/C18H15NO4/c1-12-7-9-14(22-12)11-15-18(20)23-17(19-15)10-8-13-5-3-4-6-16(13)21-2/h3-11H,1-2H3/b10-8+,15-11-. The highest BCUT2D eigenvalue weighted by Gasteiger charge is 2.21. The molecule has 23 heavy (non-hydrogen) atoms. The molecule has 0 radical (unpaired) electrons. The molecule has 1 aromatic carbocycles. The molecule has 0 bridgehead atoms. The zero-order valence-corrected chi connectivity index (χ0v) is 12.8. The molecule has 1 aliphatic rings. The van der Waals surface area contributed by atoms with Gasteiger partial charge in [0, 0.05) is 17.7 Å². The first-order chi connectivity index (χ1) is 11.2. The number of methoxy groups -OCH3 is 1. The quantitative estimate of drug-likeness (QED) is 0.639. The minimum atomic E-state index is -0.501. The summed E-state index contributed by atoms with van der Waals surface area (Å²) in [6.45, 7) is 1.83. The average molecular weight is 309 g/mol. The van der Waals surface area contributed by atoms with Gasteiger partial charge in [-0.3, -0.25) is 0 Å². The lowest BCUT2D eigenvalue weighted by Crippen LogP contribution is -2.01. The van der Waals surface area contributed by atoms with E-state index in [0.29, 0.717) is 5.76 Å². The van der Waals surface area contributed by atoms with E-state index < -0.39 is 5.97 Å². The number of carbonyl (C=O) groups excluding carboxylic acids is 1. The molecular weight excluding hydrogens is 294 g/mol. The lowest BCUT2D eigenvalue weighted by Gasteiger charge is -2.02. The normalized spacial score (nSPS) is 16.0. The second kappa shape index (κ2) is 6.36. The Hall–Kier alpha value is -3.08. The Kier molecular flexibility index (Phi) is 4.10. The van der Waals surface area contributed by atoms with Gasteiger partial charge in [0.15, 0.2) is 5.70 Å².